The van der Waals surface area contributed by atoms with Crippen molar-refractivity contribution >= 4 is 18.0 Å². The molecule has 1 N–H and O–H groups in total. The number of carbonyl (C=O) groups excluding carboxylic acids is 1. The van der Waals surface area contributed by atoms with Gasteiger partial charge in [-0.3, -0.25) is 0 Å². The number of ether oxygens (including phenoxy) is 2. The summed E-state index contributed by atoms with van der Waals surface area (Å²) in [5.74, 6) is -0.325. The van der Waals surface area contributed by atoms with E-state index in [1.54, 1.807) is 48.5 Å². The summed E-state index contributed by atoms with van der Waals surface area (Å²) in [7, 11) is 0. The molecule has 0 spiro atoms. The number of carbonyl (C=O) groups is 2. The number of hydrogen-bond acceptors (Lipinski definition) is 4. The lowest BCUT2D eigenvalue weighted by Crippen LogP contribution is -2.08. The fraction of sp³-hybridized carbons (Fsp3) is 0.407. The van der Waals surface area contributed by atoms with Crippen LogP contribution >= 0.6 is 0 Å². The number of unbranched alkanes of at least 4 members (excludes halogenated alkanes) is 8. The quantitative estimate of drug-likeness (QED) is 0.141. The monoisotopic (exact) mass is 438 g/mol. The van der Waals surface area contributed by atoms with Gasteiger partial charge in [-0.1, -0.05) is 70.4 Å². The van der Waals surface area contributed by atoms with Gasteiger partial charge in [0.15, 0.2) is 0 Å². The summed E-state index contributed by atoms with van der Waals surface area (Å²) in [6.45, 7) is 2.92. The van der Waals surface area contributed by atoms with Crippen molar-refractivity contribution in [3.8, 4) is 11.5 Å². The molecule has 0 heterocycles. The van der Waals surface area contributed by atoms with Crippen LogP contribution in [0.15, 0.2) is 54.6 Å². The van der Waals surface area contributed by atoms with Crippen molar-refractivity contribution < 1.29 is 24.2 Å². The zero-order valence-electron chi connectivity index (χ0n) is 18.9. The zero-order valence-corrected chi connectivity index (χ0v) is 18.9. The predicted molar refractivity (Wildman–Crippen MR) is 127 cm³/mol. The lowest BCUT2D eigenvalue weighted by Gasteiger charge is -2.08. The average molecular weight is 439 g/mol. The van der Waals surface area contributed by atoms with Crippen molar-refractivity contribution in [1.29, 1.82) is 0 Å². The molecular formula is C27H34O5. The maximum Gasteiger partial charge on any atom is 0.343 e. The van der Waals surface area contributed by atoms with E-state index in [2.05, 4.69) is 6.92 Å². The van der Waals surface area contributed by atoms with E-state index in [0.717, 1.165) is 18.2 Å². The molecular weight excluding hydrogens is 404 g/mol. The van der Waals surface area contributed by atoms with Crippen LogP contribution in [0.2, 0.25) is 0 Å². The summed E-state index contributed by atoms with van der Waals surface area (Å²) in [6, 6.07) is 13.6. The van der Waals surface area contributed by atoms with Crippen LogP contribution in [0.3, 0.4) is 0 Å². The number of carboxylic acid groups (broad SMARTS) is 1. The third-order valence-electron chi connectivity index (χ3n) is 5.12. The summed E-state index contributed by atoms with van der Waals surface area (Å²) in [5.41, 5.74) is 1.15. The highest BCUT2D eigenvalue weighted by Crippen LogP contribution is 2.18. The van der Waals surface area contributed by atoms with Crippen molar-refractivity contribution in [1.82, 2.24) is 0 Å². The second-order valence-corrected chi connectivity index (χ2v) is 7.83. The van der Waals surface area contributed by atoms with Crippen molar-refractivity contribution in [2.75, 3.05) is 6.61 Å². The molecule has 0 aliphatic heterocycles. The van der Waals surface area contributed by atoms with E-state index in [1.165, 1.54) is 57.4 Å². The Morgan fingerprint density at radius 3 is 1.94 bits per heavy atom. The standard InChI is InChI=1S/C27H34O5/c1-2-3-4-5-6-7-8-9-10-21-31-24-18-14-23(15-19-24)27(30)32-25-16-11-22(12-17-25)13-20-26(28)29/h11-20H,2-10,21H2,1H3,(H,28,29). The van der Waals surface area contributed by atoms with Crippen molar-refractivity contribution in [2.24, 2.45) is 0 Å². The summed E-state index contributed by atoms with van der Waals surface area (Å²) in [6.07, 6.45) is 14.0. The van der Waals surface area contributed by atoms with Gasteiger partial charge in [-0.05, 0) is 54.5 Å². The Morgan fingerprint density at radius 1 is 0.781 bits per heavy atom. The molecule has 2 aromatic carbocycles. The molecule has 5 heteroatoms. The molecule has 0 atom stereocenters. The molecule has 0 amide bonds. The van der Waals surface area contributed by atoms with Crippen LogP contribution in [-0.2, 0) is 4.79 Å². The van der Waals surface area contributed by atoms with E-state index in [0.29, 0.717) is 23.5 Å². The summed E-state index contributed by atoms with van der Waals surface area (Å²) in [5, 5.41) is 8.65. The first-order valence-corrected chi connectivity index (χ1v) is 11.5. The molecule has 172 valence electrons. The maximum absolute atomic E-state index is 12.3. The van der Waals surface area contributed by atoms with E-state index in [-0.39, 0.29) is 0 Å². The maximum atomic E-state index is 12.3. The molecule has 0 fully saturated rings. The van der Waals surface area contributed by atoms with Crippen molar-refractivity contribution in [2.45, 2.75) is 64.7 Å². The molecule has 0 unspecified atom stereocenters. The summed E-state index contributed by atoms with van der Waals surface area (Å²) in [4.78, 5) is 22.9. The number of rotatable bonds is 15. The lowest BCUT2D eigenvalue weighted by atomic mass is 10.1. The number of carboxylic acids is 1. The average Bonchev–Trinajstić information content (AvgIpc) is 2.80. The third kappa shape index (κ3) is 10.3. The summed E-state index contributed by atoms with van der Waals surface area (Å²) >= 11 is 0. The van der Waals surface area contributed by atoms with Gasteiger partial charge < -0.3 is 14.6 Å². The molecule has 0 saturated heterocycles. The topological polar surface area (TPSA) is 72.8 Å². The van der Waals surface area contributed by atoms with Crippen LogP contribution in [0, 0.1) is 0 Å². The fourth-order valence-corrected chi connectivity index (χ4v) is 3.27. The normalized spacial score (nSPS) is 10.9. The molecule has 5 nitrogen and oxygen atoms in total. The van der Waals surface area contributed by atoms with Crippen LogP contribution < -0.4 is 9.47 Å². The van der Waals surface area contributed by atoms with Crippen molar-refractivity contribution in [3.05, 3.63) is 65.7 Å². The molecule has 2 aromatic rings. The Morgan fingerprint density at radius 2 is 1.34 bits per heavy atom. The highest BCUT2D eigenvalue weighted by Gasteiger charge is 2.09. The number of benzene rings is 2. The minimum absolute atomic E-state index is 0.396. The van der Waals surface area contributed by atoms with Gasteiger partial charge in [-0.25, -0.2) is 9.59 Å². The zero-order chi connectivity index (χ0) is 23.0. The van der Waals surface area contributed by atoms with Gasteiger partial charge in [-0.2, -0.15) is 0 Å². The van der Waals surface area contributed by atoms with Gasteiger partial charge in [0.2, 0.25) is 0 Å². The molecule has 0 radical (unpaired) electrons. The fourth-order valence-electron chi connectivity index (χ4n) is 3.27. The molecule has 32 heavy (non-hydrogen) atoms. The lowest BCUT2D eigenvalue weighted by molar-refractivity contribution is -0.131. The first-order chi connectivity index (χ1) is 15.6. The highest BCUT2D eigenvalue weighted by atomic mass is 16.5. The molecule has 0 saturated carbocycles. The Balaban J connectivity index is 1.66. The Kier molecular flexibility index (Phi) is 11.7. The molecule has 0 aliphatic carbocycles. The van der Waals surface area contributed by atoms with E-state index < -0.39 is 11.9 Å². The molecule has 2 rings (SSSR count). The SMILES string of the molecule is CCCCCCCCCCCOc1ccc(C(=O)Oc2ccc(C=CC(=O)O)cc2)cc1. The van der Waals surface area contributed by atoms with Crippen LogP contribution in [0.25, 0.3) is 6.08 Å². The van der Waals surface area contributed by atoms with E-state index in [9.17, 15) is 9.59 Å². The first kappa shape index (κ1) is 25.2. The number of esters is 1. The summed E-state index contributed by atoms with van der Waals surface area (Å²) < 4.78 is 11.1. The predicted octanol–water partition coefficient (Wildman–Crippen LogP) is 6.91. The highest BCUT2D eigenvalue weighted by molar-refractivity contribution is 5.91. The third-order valence-corrected chi connectivity index (χ3v) is 5.12. The second kappa shape index (κ2) is 14.8. The Bertz CT molecular complexity index is 837. The smallest absolute Gasteiger partial charge is 0.343 e. The van der Waals surface area contributed by atoms with Gasteiger partial charge in [0.1, 0.15) is 11.5 Å². The molecule has 0 aliphatic rings. The van der Waals surface area contributed by atoms with Gasteiger partial charge in [-0.15, -0.1) is 0 Å². The minimum Gasteiger partial charge on any atom is -0.494 e. The molecule has 0 aromatic heterocycles. The Labute approximate surface area is 191 Å². The van der Waals surface area contributed by atoms with Gasteiger partial charge in [0.25, 0.3) is 0 Å². The van der Waals surface area contributed by atoms with Crippen LogP contribution in [-0.4, -0.2) is 23.7 Å². The molecule has 0 bridgehead atoms. The van der Waals surface area contributed by atoms with Crippen LogP contribution in [0.5, 0.6) is 11.5 Å². The van der Waals surface area contributed by atoms with E-state index >= 15 is 0 Å². The van der Waals surface area contributed by atoms with Gasteiger partial charge >= 0.3 is 11.9 Å². The van der Waals surface area contributed by atoms with Gasteiger partial charge in [0, 0.05) is 6.08 Å². The number of hydrogen-bond donors (Lipinski definition) is 1. The minimum atomic E-state index is -1.01. The van der Waals surface area contributed by atoms with Gasteiger partial charge in [0.05, 0.1) is 12.2 Å². The largest absolute Gasteiger partial charge is 0.494 e. The van der Waals surface area contributed by atoms with Crippen LogP contribution in [0.1, 0.15) is 80.6 Å². The second-order valence-electron chi connectivity index (χ2n) is 7.83. The Hall–Kier alpha value is -3.08. The van der Waals surface area contributed by atoms with E-state index in [4.69, 9.17) is 14.6 Å². The van der Waals surface area contributed by atoms with E-state index in [1.807, 2.05) is 0 Å². The first-order valence-electron chi connectivity index (χ1n) is 11.5. The number of aliphatic carboxylic acids is 1. The van der Waals surface area contributed by atoms with Crippen LogP contribution in [0.4, 0.5) is 0 Å². The van der Waals surface area contributed by atoms with Crippen molar-refractivity contribution in [3.63, 3.8) is 0 Å².